The summed E-state index contributed by atoms with van der Waals surface area (Å²) >= 11 is 0. The smallest absolute Gasteiger partial charge is 0.284 e. The summed E-state index contributed by atoms with van der Waals surface area (Å²) in [5, 5.41) is 15.1. The van der Waals surface area contributed by atoms with Gasteiger partial charge in [-0.1, -0.05) is 6.42 Å². The molecule has 1 saturated heterocycles. The molecule has 0 N–H and O–H groups in total. The Labute approximate surface area is 100 Å². The van der Waals surface area contributed by atoms with E-state index in [1.165, 1.54) is 19.3 Å². The number of hydrogen-bond acceptors (Lipinski definition) is 4. The Morgan fingerprint density at radius 2 is 1.94 bits per heavy atom. The zero-order valence-electron chi connectivity index (χ0n) is 10.3. The van der Waals surface area contributed by atoms with Crippen LogP contribution in [0.1, 0.15) is 30.7 Å². The molecule has 1 aliphatic heterocycles. The van der Waals surface area contributed by atoms with E-state index in [0.29, 0.717) is 18.1 Å². The largest absolute Gasteiger partial charge is 0.312 e. The Hall–Kier alpha value is -1.43. The molecule has 0 aliphatic carbocycles. The highest BCUT2D eigenvalue weighted by molar-refractivity contribution is 5.39. The lowest BCUT2D eigenvalue weighted by Crippen LogP contribution is -2.32. The van der Waals surface area contributed by atoms with Gasteiger partial charge in [-0.3, -0.25) is 15.0 Å². The number of piperidine rings is 1. The van der Waals surface area contributed by atoms with Gasteiger partial charge in [0.1, 0.15) is 11.4 Å². The molecule has 1 aromatic heterocycles. The maximum absolute atomic E-state index is 10.9. The number of aromatic nitrogens is 2. The summed E-state index contributed by atoms with van der Waals surface area (Å²) in [6.45, 7) is 6.25. The van der Waals surface area contributed by atoms with Gasteiger partial charge < -0.3 is 0 Å². The van der Waals surface area contributed by atoms with Crippen molar-refractivity contribution in [3.05, 3.63) is 21.5 Å². The maximum Gasteiger partial charge on any atom is 0.312 e. The number of hydrogen-bond donors (Lipinski definition) is 0. The van der Waals surface area contributed by atoms with E-state index in [1.54, 1.807) is 18.5 Å². The van der Waals surface area contributed by atoms with Crippen molar-refractivity contribution < 1.29 is 4.92 Å². The van der Waals surface area contributed by atoms with E-state index in [0.717, 1.165) is 13.1 Å². The van der Waals surface area contributed by atoms with Crippen molar-refractivity contribution >= 4 is 5.69 Å². The first-order valence-corrected chi connectivity index (χ1v) is 6.00. The molecule has 0 saturated carbocycles. The molecule has 0 atom stereocenters. The lowest BCUT2D eigenvalue weighted by Gasteiger charge is -2.26. The molecule has 0 amide bonds. The van der Waals surface area contributed by atoms with Gasteiger partial charge in [0, 0.05) is 0 Å². The molecule has 0 radical (unpaired) electrons. The number of likely N-dealkylation sites (tertiary alicyclic amines) is 1. The predicted molar refractivity (Wildman–Crippen MR) is 63.8 cm³/mol. The van der Waals surface area contributed by atoms with E-state index in [2.05, 4.69) is 10.00 Å². The van der Waals surface area contributed by atoms with E-state index in [-0.39, 0.29) is 10.6 Å². The van der Waals surface area contributed by atoms with Crippen molar-refractivity contribution in [3.8, 4) is 0 Å². The van der Waals surface area contributed by atoms with Gasteiger partial charge in [-0.05, 0) is 39.8 Å². The van der Waals surface area contributed by atoms with E-state index < -0.39 is 0 Å². The Bertz CT molecular complexity index is 421. The van der Waals surface area contributed by atoms with Crippen LogP contribution >= 0.6 is 0 Å². The number of nitrogens with zero attached hydrogens (tertiary/aromatic N) is 4. The zero-order valence-corrected chi connectivity index (χ0v) is 10.3. The van der Waals surface area contributed by atoms with Crippen molar-refractivity contribution in [2.75, 3.05) is 13.1 Å². The second kappa shape index (κ2) is 4.83. The van der Waals surface area contributed by atoms with Crippen molar-refractivity contribution in [2.24, 2.45) is 0 Å². The van der Waals surface area contributed by atoms with Gasteiger partial charge in [0.25, 0.3) is 0 Å². The molecule has 1 aromatic rings. The van der Waals surface area contributed by atoms with Crippen LogP contribution in [0.15, 0.2) is 0 Å². The van der Waals surface area contributed by atoms with Gasteiger partial charge in [-0.25, -0.2) is 4.68 Å². The highest BCUT2D eigenvalue weighted by Crippen LogP contribution is 2.22. The summed E-state index contributed by atoms with van der Waals surface area (Å²) in [7, 11) is 0. The third-order valence-corrected chi connectivity index (χ3v) is 3.31. The summed E-state index contributed by atoms with van der Waals surface area (Å²) in [5.74, 6) is 0. The van der Waals surface area contributed by atoms with E-state index in [4.69, 9.17) is 0 Å². The topological polar surface area (TPSA) is 64.2 Å². The fourth-order valence-electron chi connectivity index (χ4n) is 2.38. The van der Waals surface area contributed by atoms with Crippen molar-refractivity contribution in [1.29, 1.82) is 0 Å². The normalized spacial score (nSPS) is 17.3. The molecule has 2 rings (SSSR count). The first-order valence-electron chi connectivity index (χ1n) is 6.00. The fraction of sp³-hybridized carbons (Fsp3) is 0.727. The van der Waals surface area contributed by atoms with Crippen LogP contribution in [0.2, 0.25) is 0 Å². The minimum Gasteiger partial charge on any atom is -0.284 e. The number of rotatable bonds is 3. The molecular weight excluding hydrogens is 220 g/mol. The molecule has 0 spiro atoms. The molecule has 0 unspecified atom stereocenters. The summed E-state index contributed by atoms with van der Waals surface area (Å²) in [4.78, 5) is 12.8. The summed E-state index contributed by atoms with van der Waals surface area (Å²) < 4.78 is 1.75. The second-order valence-corrected chi connectivity index (χ2v) is 4.60. The fourth-order valence-corrected chi connectivity index (χ4v) is 2.38. The first-order chi connectivity index (χ1) is 8.09. The lowest BCUT2D eigenvalue weighted by molar-refractivity contribution is -0.386. The average molecular weight is 238 g/mol. The molecule has 0 bridgehead atoms. The summed E-state index contributed by atoms with van der Waals surface area (Å²) in [6.07, 6.45) is 3.70. The van der Waals surface area contributed by atoms with Crippen LogP contribution in [0, 0.1) is 24.0 Å². The third-order valence-electron chi connectivity index (χ3n) is 3.31. The highest BCUT2D eigenvalue weighted by Gasteiger charge is 2.22. The van der Waals surface area contributed by atoms with Crippen molar-refractivity contribution in [1.82, 2.24) is 14.7 Å². The van der Waals surface area contributed by atoms with Crippen LogP contribution in [0.3, 0.4) is 0 Å². The molecule has 94 valence electrons. The molecule has 1 aliphatic rings. The van der Waals surface area contributed by atoms with Crippen LogP contribution in [-0.2, 0) is 6.67 Å². The third kappa shape index (κ3) is 2.46. The van der Waals surface area contributed by atoms with Crippen molar-refractivity contribution in [3.63, 3.8) is 0 Å². The van der Waals surface area contributed by atoms with Gasteiger partial charge in [0.05, 0.1) is 11.6 Å². The SMILES string of the molecule is Cc1nn(CN2CCCCC2)c(C)c1[N+](=O)[O-]. The molecular formula is C11H18N4O2. The quantitative estimate of drug-likeness (QED) is 0.595. The van der Waals surface area contributed by atoms with Gasteiger partial charge in [-0.2, -0.15) is 5.10 Å². The Kier molecular flexibility index (Phi) is 3.42. The Balaban J connectivity index is 2.15. The number of aryl methyl sites for hydroxylation is 1. The molecule has 1 fully saturated rings. The van der Waals surface area contributed by atoms with Crippen molar-refractivity contribution in [2.45, 2.75) is 39.8 Å². The molecule has 17 heavy (non-hydrogen) atoms. The Morgan fingerprint density at radius 3 is 2.47 bits per heavy atom. The predicted octanol–water partition coefficient (Wildman–Crippen LogP) is 1.85. The second-order valence-electron chi connectivity index (χ2n) is 4.60. The standard InChI is InChI=1S/C11H18N4O2/c1-9-11(15(16)17)10(2)14(12-9)8-13-6-4-3-5-7-13/h3-8H2,1-2H3. The molecule has 6 heteroatoms. The van der Waals surface area contributed by atoms with Crippen LogP contribution < -0.4 is 0 Å². The van der Waals surface area contributed by atoms with Crippen LogP contribution in [0.4, 0.5) is 5.69 Å². The van der Waals surface area contributed by atoms with Gasteiger partial charge in [0.2, 0.25) is 0 Å². The monoisotopic (exact) mass is 238 g/mol. The van der Waals surface area contributed by atoms with Gasteiger partial charge in [-0.15, -0.1) is 0 Å². The minimum atomic E-state index is -0.343. The van der Waals surface area contributed by atoms with E-state index >= 15 is 0 Å². The average Bonchev–Trinajstić information content (AvgIpc) is 2.55. The molecule has 2 heterocycles. The van der Waals surface area contributed by atoms with Gasteiger partial charge >= 0.3 is 5.69 Å². The molecule has 6 nitrogen and oxygen atoms in total. The number of nitro groups is 1. The van der Waals surface area contributed by atoms with Gasteiger partial charge in [0.15, 0.2) is 0 Å². The summed E-state index contributed by atoms with van der Waals surface area (Å²) in [6, 6.07) is 0. The first kappa shape index (κ1) is 12.0. The summed E-state index contributed by atoms with van der Waals surface area (Å²) in [5.41, 5.74) is 1.31. The minimum absolute atomic E-state index is 0.155. The zero-order chi connectivity index (χ0) is 12.4. The van der Waals surface area contributed by atoms with Crippen LogP contribution in [0.5, 0.6) is 0 Å². The lowest BCUT2D eigenvalue weighted by atomic mass is 10.1. The Morgan fingerprint density at radius 1 is 1.29 bits per heavy atom. The van der Waals surface area contributed by atoms with Crippen LogP contribution in [0.25, 0.3) is 0 Å². The van der Waals surface area contributed by atoms with E-state index in [1.807, 2.05) is 0 Å². The highest BCUT2D eigenvalue weighted by atomic mass is 16.6. The maximum atomic E-state index is 10.9. The van der Waals surface area contributed by atoms with Crippen LogP contribution in [-0.4, -0.2) is 32.7 Å². The van der Waals surface area contributed by atoms with E-state index in [9.17, 15) is 10.1 Å². The molecule has 0 aromatic carbocycles.